The molecule has 0 amide bonds. The van der Waals surface area contributed by atoms with Gasteiger partial charge in [-0.3, -0.25) is 0 Å². The molecule has 90 valence electrons. The molecule has 2 unspecified atom stereocenters. The zero-order chi connectivity index (χ0) is 11.8. The summed E-state index contributed by atoms with van der Waals surface area (Å²) in [6, 6.07) is 5.49. The second-order valence-electron chi connectivity index (χ2n) is 5.46. The Morgan fingerprint density at radius 2 is 2.25 bits per heavy atom. The van der Waals surface area contributed by atoms with Gasteiger partial charge in [-0.25, -0.2) is 0 Å². The highest BCUT2D eigenvalue weighted by atomic mass is 79.9. The summed E-state index contributed by atoms with van der Waals surface area (Å²) in [6.07, 6.45) is 4.04. The molecule has 0 aromatic carbocycles. The van der Waals surface area contributed by atoms with Gasteiger partial charge in [-0.05, 0) is 53.2 Å². The summed E-state index contributed by atoms with van der Waals surface area (Å²) in [5.41, 5.74) is 0.461. The normalized spacial score (nSPS) is 25.9. The maximum absolute atomic E-state index is 3.79. The number of hydrogen-bond acceptors (Lipinski definition) is 2. The van der Waals surface area contributed by atoms with Gasteiger partial charge < -0.3 is 5.32 Å². The average molecular weight is 302 g/mol. The topological polar surface area (TPSA) is 12.0 Å². The molecule has 0 saturated heterocycles. The molecule has 0 aliphatic heterocycles. The van der Waals surface area contributed by atoms with Crippen LogP contribution >= 0.6 is 27.3 Å². The van der Waals surface area contributed by atoms with Crippen molar-refractivity contribution in [2.24, 2.45) is 5.41 Å². The van der Waals surface area contributed by atoms with Gasteiger partial charge in [0.25, 0.3) is 0 Å². The standard InChI is InChI=1S/C13H20BrNS/c1-9(10-6-7-12(14)16-10)15-11-5-4-8-13(11,2)3/h6-7,9,11,15H,4-5,8H2,1-3H3. The third-order valence-electron chi connectivity index (χ3n) is 3.73. The lowest BCUT2D eigenvalue weighted by molar-refractivity contribution is 0.267. The van der Waals surface area contributed by atoms with Crippen molar-refractivity contribution >= 4 is 27.3 Å². The highest BCUT2D eigenvalue weighted by molar-refractivity contribution is 9.11. The van der Waals surface area contributed by atoms with Crippen molar-refractivity contribution in [2.45, 2.75) is 52.1 Å². The second kappa shape index (κ2) is 4.79. The lowest BCUT2D eigenvalue weighted by atomic mass is 9.87. The number of rotatable bonds is 3. The SMILES string of the molecule is CC(NC1CCCC1(C)C)c1ccc(Br)s1. The summed E-state index contributed by atoms with van der Waals surface area (Å²) in [5, 5.41) is 3.79. The first-order valence-electron chi connectivity index (χ1n) is 6.00. The quantitative estimate of drug-likeness (QED) is 0.850. The Balaban J connectivity index is 1.99. The van der Waals surface area contributed by atoms with Gasteiger partial charge in [0, 0.05) is 17.0 Å². The van der Waals surface area contributed by atoms with E-state index in [1.54, 1.807) is 0 Å². The lowest BCUT2D eigenvalue weighted by Gasteiger charge is -2.30. The minimum Gasteiger partial charge on any atom is -0.306 e. The Labute approximate surface area is 111 Å². The molecule has 3 heteroatoms. The molecule has 16 heavy (non-hydrogen) atoms. The van der Waals surface area contributed by atoms with E-state index in [1.165, 1.54) is 27.9 Å². The molecule has 1 heterocycles. The number of thiophene rings is 1. The van der Waals surface area contributed by atoms with E-state index in [0.717, 1.165) is 0 Å². The lowest BCUT2D eigenvalue weighted by Crippen LogP contribution is -2.38. The number of nitrogens with one attached hydrogen (secondary N) is 1. The van der Waals surface area contributed by atoms with E-state index in [1.807, 2.05) is 11.3 Å². The molecular weight excluding hydrogens is 282 g/mol. The molecule has 2 rings (SSSR count). The highest BCUT2D eigenvalue weighted by Gasteiger charge is 2.35. The van der Waals surface area contributed by atoms with Gasteiger partial charge in [0.15, 0.2) is 0 Å². The van der Waals surface area contributed by atoms with E-state index in [-0.39, 0.29) is 0 Å². The van der Waals surface area contributed by atoms with Crippen LogP contribution in [0.5, 0.6) is 0 Å². The molecule has 1 fully saturated rings. The molecule has 1 nitrogen and oxygen atoms in total. The summed E-state index contributed by atoms with van der Waals surface area (Å²) in [4.78, 5) is 1.43. The molecule has 0 bridgehead atoms. The van der Waals surface area contributed by atoms with Gasteiger partial charge >= 0.3 is 0 Å². The third kappa shape index (κ3) is 2.69. The van der Waals surface area contributed by atoms with Crippen molar-refractivity contribution in [3.63, 3.8) is 0 Å². The van der Waals surface area contributed by atoms with E-state index in [9.17, 15) is 0 Å². The van der Waals surface area contributed by atoms with E-state index in [2.05, 4.69) is 54.2 Å². The van der Waals surface area contributed by atoms with E-state index >= 15 is 0 Å². The van der Waals surface area contributed by atoms with Gasteiger partial charge in [0.1, 0.15) is 0 Å². The van der Waals surface area contributed by atoms with Crippen LogP contribution in [0, 0.1) is 5.41 Å². The molecule has 1 saturated carbocycles. The first-order valence-corrected chi connectivity index (χ1v) is 7.61. The van der Waals surface area contributed by atoms with Crippen molar-refractivity contribution in [1.29, 1.82) is 0 Å². The summed E-state index contributed by atoms with van der Waals surface area (Å²) in [7, 11) is 0. The molecule has 0 spiro atoms. The summed E-state index contributed by atoms with van der Waals surface area (Å²) < 4.78 is 1.22. The Morgan fingerprint density at radius 1 is 1.50 bits per heavy atom. The van der Waals surface area contributed by atoms with Gasteiger partial charge in [-0.1, -0.05) is 20.3 Å². The molecule has 2 atom stereocenters. The van der Waals surface area contributed by atoms with E-state index in [4.69, 9.17) is 0 Å². The zero-order valence-electron chi connectivity index (χ0n) is 10.2. The predicted molar refractivity (Wildman–Crippen MR) is 75.0 cm³/mol. The van der Waals surface area contributed by atoms with Crippen LogP contribution in [0.25, 0.3) is 0 Å². The first kappa shape index (κ1) is 12.6. The van der Waals surface area contributed by atoms with Crippen LogP contribution in [-0.2, 0) is 0 Å². The van der Waals surface area contributed by atoms with E-state index in [0.29, 0.717) is 17.5 Å². The van der Waals surface area contributed by atoms with Crippen LogP contribution in [0.3, 0.4) is 0 Å². The Hall–Kier alpha value is 0.140. The van der Waals surface area contributed by atoms with Crippen LogP contribution in [0.2, 0.25) is 0 Å². The molecule has 1 N–H and O–H groups in total. The maximum Gasteiger partial charge on any atom is 0.0701 e. The highest BCUT2D eigenvalue weighted by Crippen LogP contribution is 2.39. The van der Waals surface area contributed by atoms with E-state index < -0.39 is 0 Å². The van der Waals surface area contributed by atoms with Crippen LogP contribution in [0.4, 0.5) is 0 Å². The van der Waals surface area contributed by atoms with Gasteiger partial charge in [-0.15, -0.1) is 11.3 Å². The van der Waals surface area contributed by atoms with Crippen molar-refractivity contribution in [3.8, 4) is 0 Å². The molecule has 1 aliphatic carbocycles. The summed E-state index contributed by atoms with van der Waals surface area (Å²) >= 11 is 5.36. The van der Waals surface area contributed by atoms with Crippen LogP contribution in [0.15, 0.2) is 15.9 Å². The Morgan fingerprint density at radius 3 is 2.75 bits per heavy atom. The zero-order valence-corrected chi connectivity index (χ0v) is 12.6. The second-order valence-corrected chi connectivity index (χ2v) is 7.96. The maximum atomic E-state index is 3.79. The smallest absolute Gasteiger partial charge is 0.0701 e. The minimum absolute atomic E-state index is 0.461. The average Bonchev–Trinajstić information content (AvgIpc) is 2.74. The molecule has 0 radical (unpaired) electrons. The molecule has 1 aromatic heterocycles. The third-order valence-corrected chi connectivity index (χ3v) is 5.54. The minimum atomic E-state index is 0.461. The number of hydrogen-bond donors (Lipinski definition) is 1. The van der Waals surface area contributed by atoms with Crippen molar-refractivity contribution in [3.05, 3.63) is 20.8 Å². The summed E-state index contributed by atoms with van der Waals surface area (Å²) in [5.74, 6) is 0. The fourth-order valence-corrected chi connectivity index (χ4v) is 4.02. The molecule has 1 aromatic rings. The fourth-order valence-electron chi connectivity index (χ4n) is 2.58. The van der Waals surface area contributed by atoms with Gasteiger partial charge in [0.2, 0.25) is 0 Å². The number of halogens is 1. The van der Waals surface area contributed by atoms with Crippen molar-refractivity contribution in [2.75, 3.05) is 0 Å². The van der Waals surface area contributed by atoms with Crippen LogP contribution in [0.1, 0.15) is 51.0 Å². The van der Waals surface area contributed by atoms with Gasteiger partial charge in [-0.2, -0.15) is 0 Å². The monoisotopic (exact) mass is 301 g/mol. The fraction of sp³-hybridized carbons (Fsp3) is 0.692. The Bertz CT molecular complexity index is 359. The van der Waals surface area contributed by atoms with Gasteiger partial charge in [0.05, 0.1) is 3.79 Å². The first-order chi connectivity index (χ1) is 7.49. The summed E-state index contributed by atoms with van der Waals surface area (Å²) in [6.45, 7) is 7.04. The largest absolute Gasteiger partial charge is 0.306 e. The predicted octanol–water partition coefficient (Wildman–Crippen LogP) is 4.74. The van der Waals surface area contributed by atoms with Crippen molar-refractivity contribution < 1.29 is 0 Å². The molecule has 1 aliphatic rings. The van der Waals surface area contributed by atoms with Crippen LogP contribution < -0.4 is 5.32 Å². The Kier molecular flexibility index (Phi) is 3.77. The van der Waals surface area contributed by atoms with Crippen molar-refractivity contribution in [1.82, 2.24) is 5.32 Å². The van der Waals surface area contributed by atoms with Crippen LogP contribution in [-0.4, -0.2) is 6.04 Å². The molecular formula is C13H20BrNS.